The summed E-state index contributed by atoms with van der Waals surface area (Å²) < 4.78 is 13.7. The number of rotatable bonds is 7. The van der Waals surface area contributed by atoms with E-state index in [9.17, 15) is 9.18 Å². The van der Waals surface area contributed by atoms with Gasteiger partial charge in [-0.15, -0.1) is 0 Å². The van der Waals surface area contributed by atoms with Crippen LogP contribution in [-0.2, 0) is 4.79 Å². The first-order chi connectivity index (χ1) is 9.58. The van der Waals surface area contributed by atoms with Crippen LogP contribution in [0.1, 0.15) is 38.7 Å². The van der Waals surface area contributed by atoms with E-state index in [0.29, 0.717) is 17.0 Å². The second-order valence-electron chi connectivity index (χ2n) is 4.76. The van der Waals surface area contributed by atoms with Crippen molar-refractivity contribution >= 4 is 24.0 Å². The van der Waals surface area contributed by atoms with Crippen LogP contribution in [0.5, 0.6) is 0 Å². The van der Waals surface area contributed by atoms with Gasteiger partial charge in [-0.1, -0.05) is 49.7 Å². The van der Waals surface area contributed by atoms with Crippen LogP contribution < -0.4 is 0 Å². The molecule has 108 valence electrons. The lowest BCUT2D eigenvalue weighted by molar-refractivity contribution is -0.108. The smallest absolute Gasteiger partial charge is 0.131 e. The second-order valence-corrected chi connectivity index (χ2v) is 5.19. The Morgan fingerprint density at radius 1 is 1.45 bits per heavy atom. The van der Waals surface area contributed by atoms with Crippen molar-refractivity contribution in [3.05, 3.63) is 52.3 Å². The summed E-state index contributed by atoms with van der Waals surface area (Å²) in [6.07, 6.45) is 8.99. The Morgan fingerprint density at radius 2 is 2.20 bits per heavy atom. The summed E-state index contributed by atoms with van der Waals surface area (Å²) in [5, 5.41) is 0.392. The molecule has 0 heterocycles. The number of halogens is 2. The van der Waals surface area contributed by atoms with Gasteiger partial charge in [0.25, 0.3) is 0 Å². The number of hydrogen-bond acceptors (Lipinski definition) is 1. The first-order valence-corrected chi connectivity index (χ1v) is 7.23. The monoisotopic (exact) mass is 294 g/mol. The zero-order chi connectivity index (χ0) is 15.0. The van der Waals surface area contributed by atoms with Crippen LogP contribution in [0.25, 0.3) is 6.08 Å². The SMILES string of the molecule is CC/C=C(/C=C/c1ccc(Cl)cc1F)C(C)CCC=O. The van der Waals surface area contributed by atoms with Crippen molar-refractivity contribution in [2.24, 2.45) is 5.92 Å². The Morgan fingerprint density at radius 3 is 2.80 bits per heavy atom. The molecule has 0 amide bonds. The van der Waals surface area contributed by atoms with Gasteiger partial charge in [0, 0.05) is 17.0 Å². The Hall–Kier alpha value is -1.41. The van der Waals surface area contributed by atoms with E-state index in [-0.39, 0.29) is 11.7 Å². The van der Waals surface area contributed by atoms with Crippen molar-refractivity contribution < 1.29 is 9.18 Å². The summed E-state index contributed by atoms with van der Waals surface area (Å²) in [6, 6.07) is 4.64. The highest BCUT2D eigenvalue weighted by atomic mass is 35.5. The van der Waals surface area contributed by atoms with Crippen molar-refractivity contribution in [1.29, 1.82) is 0 Å². The Kier molecular flexibility index (Phi) is 7.24. The summed E-state index contributed by atoms with van der Waals surface area (Å²) in [7, 11) is 0. The lowest BCUT2D eigenvalue weighted by atomic mass is 9.94. The van der Waals surface area contributed by atoms with Crippen LogP contribution >= 0.6 is 11.6 Å². The minimum atomic E-state index is -0.329. The third-order valence-corrected chi connectivity index (χ3v) is 3.38. The average Bonchev–Trinajstić information content (AvgIpc) is 2.42. The molecular formula is C17H20ClFO. The topological polar surface area (TPSA) is 17.1 Å². The fourth-order valence-electron chi connectivity index (χ4n) is 1.98. The zero-order valence-corrected chi connectivity index (χ0v) is 12.7. The lowest BCUT2D eigenvalue weighted by Crippen LogP contribution is -1.98. The summed E-state index contributed by atoms with van der Waals surface area (Å²) in [4.78, 5) is 10.4. The largest absolute Gasteiger partial charge is 0.303 e. The van der Waals surface area contributed by atoms with Gasteiger partial charge in [0.2, 0.25) is 0 Å². The molecule has 1 rings (SSSR count). The van der Waals surface area contributed by atoms with E-state index < -0.39 is 0 Å². The van der Waals surface area contributed by atoms with Crippen molar-refractivity contribution in [2.45, 2.75) is 33.1 Å². The first kappa shape index (κ1) is 16.6. The molecule has 20 heavy (non-hydrogen) atoms. The molecule has 0 saturated heterocycles. The van der Waals surface area contributed by atoms with Crippen LogP contribution in [0, 0.1) is 11.7 Å². The predicted molar refractivity (Wildman–Crippen MR) is 83.3 cm³/mol. The molecular weight excluding hydrogens is 275 g/mol. The molecule has 1 unspecified atom stereocenters. The van der Waals surface area contributed by atoms with Crippen molar-refractivity contribution in [1.82, 2.24) is 0 Å². The van der Waals surface area contributed by atoms with Crippen LogP contribution in [0.4, 0.5) is 4.39 Å². The van der Waals surface area contributed by atoms with E-state index in [2.05, 4.69) is 19.9 Å². The maximum absolute atomic E-state index is 13.7. The number of hydrogen-bond donors (Lipinski definition) is 0. The van der Waals surface area contributed by atoms with Gasteiger partial charge in [0.15, 0.2) is 0 Å². The van der Waals surface area contributed by atoms with Gasteiger partial charge >= 0.3 is 0 Å². The van der Waals surface area contributed by atoms with Crippen LogP contribution in [0.2, 0.25) is 5.02 Å². The molecule has 3 heteroatoms. The lowest BCUT2D eigenvalue weighted by Gasteiger charge is -2.11. The Balaban J connectivity index is 2.86. The number of carbonyl (C=O) groups excluding carboxylic acids is 1. The van der Waals surface area contributed by atoms with Gasteiger partial charge < -0.3 is 4.79 Å². The number of allylic oxidation sites excluding steroid dienone is 3. The van der Waals surface area contributed by atoms with E-state index in [1.54, 1.807) is 18.2 Å². The van der Waals surface area contributed by atoms with Gasteiger partial charge in [0.05, 0.1) is 0 Å². The molecule has 0 aromatic heterocycles. The Bertz CT molecular complexity index is 506. The molecule has 0 radical (unpaired) electrons. The normalized spacial score (nSPS) is 13.7. The molecule has 0 bridgehead atoms. The molecule has 0 aliphatic heterocycles. The third kappa shape index (κ3) is 5.30. The van der Waals surface area contributed by atoms with Gasteiger partial charge in [0.1, 0.15) is 12.1 Å². The summed E-state index contributed by atoms with van der Waals surface area (Å²) in [6.45, 7) is 4.14. The summed E-state index contributed by atoms with van der Waals surface area (Å²) in [5.74, 6) is -0.0445. The molecule has 0 aliphatic carbocycles. The van der Waals surface area contributed by atoms with E-state index in [1.807, 2.05) is 6.08 Å². The van der Waals surface area contributed by atoms with E-state index in [0.717, 1.165) is 24.7 Å². The van der Waals surface area contributed by atoms with Gasteiger partial charge in [-0.05, 0) is 36.5 Å². The molecule has 0 spiro atoms. The molecule has 0 fully saturated rings. The number of aldehydes is 1. The quantitative estimate of drug-likeness (QED) is 0.483. The fourth-order valence-corrected chi connectivity index (χ4v) is 2.14. The fraction of sp³-hybridized carbons (Fsp3) is 0.353. The molecule has 1 atom stereocenters. The highest BCUT2D eigenvalue weighted by molar-refractivity contribution is 6.30. The van der Waals surface area contributed by atoms with Crippen LogP contribution in [0.3, 0.4) is 0 Å². The average molecular weight is 295 g/mol. The first-order valence-electron chi connectivity index (χ1n) is 6.85. The molecule has 1 aromatic rings. The molecule has 0 aliphatic rings. The zero-order valence-electron chi connectivity index (χ0n) is 11.9. The van der Waals surface area contributed by atoms with Gasteiger partial charge in [-0.2, -0.15) is 0 Å². The molecule has 1 nitrogen and oxygen atoms in total. The number of carbonyl (C=O) groups is 1. The minimum absolute atomic E-state index is 0.284. The highest BCUT2D eigenvalue weighted by Gasteiger charge is 2.06. The minimum Gasteiger partial charge on any atom is -0.303 e. The maximum atomic E-state index is 13.7. The van der Waals surface area contributed by atoms with Crippen LogP contribution in [0.15, 0.2) is 35.9 Å². The highest BCUT2D eigenvalue weighted by Crippen LogP contribution is 2.21. The third-order valence-electron chi connectivity index (χ3n) is 3.14. The summed E-state index contributed by atoms with van der Waals surface area (Å²) >= 11 is 5.73. The number of benzene rings is 1. The van der Waals surface area contributed by atoms with Gasteiger partial charge in [-0.25, -0.2) is 4.39 Å². The molecule has 0 N–H and O–H groups in total. The molecule has 1 aromatic carbocycles. The van der Waals surface area contributed by atoms with Crippen molar-refractivity contribution in [3.63, 3.8) is 0 Å². The van der Waals surface area contributed by atoms with Crippen molar-refractivity contribution in [2.75, 3.05) is 0 Å². The molecule has 0 saturated carbocycles. The van der Waals surface area contributed by atoms with E-state index >= 15 is 0 Å². The predicted octanol–water partition coefficient (Wildman–Crippen LogP) is 5.44. The van der Waals surface area contributed by atoms with Crippen LogP contribution in [-0.4, -0.2) is 6.29 Å². The second kappa shape index (κ2) is 8.70. The van der Waals surface area contributed by atoms with Gasteiger partial charge in [-0.3, -0.25) is 0 Å². The standard InChI is InChI=1S/C17H20ClFO/c1-3-5-14(13(2)6-4-11-20)7-8-15-9-10-16(18)12-17(15)19/h5,7-13H,3-4,6H2,1-2H3/b8-7+,14-5-. The maximum Gasteiger partial charge on any atom is 0.131 e. The summed E-state index contributed by atoms with van der Waals surface area (Å²) in [5.41, 5.74) is 1.64. The van der Waals surface area contributed by atoms with E-state index in [1.165, 1.54) is 6.07 Å². The van der Waals surface area contributed by atoms with E-state index in [4.69, 9.17) is 11.6 Å². The Labute approximate surface area is 125 Å². The van der Waals surface area contributed by atoms with Crippen molar-refractivity contribution in [3.8, 4) is 0 Å².